The maximum atomic E-state index is 14.4. The Kier molecular flexibility index (Phi) is 5.96. The van der Waals surface area contributed by atoms with Crippen LogP contribution in [0.25, 0.3) is 0 Å². The first-order chi connectivity index (χ1) is 16.9. The van der Waals surface area contributed by atoms with Crippen molar-refractivity contribution in [2.45, 2.75) is 57.9 Å². The summed E-state index contributed by atoms with van der Waals surface area (Å²) in [6.07, 6.45) is 6.76. The molecule has 6 aliphatic rings. The van der Waals surface area contributed by atoms with Crippen LogP contribution in [0, 0.1) is 30.1 Å². The van der Waals surface area contributed by atoms with Crippen LogP contribution in [0.15, 0.2) is 24.3 Å². The highest BCUT2D eigenvalue weighted by atomic mass is 16.5. The van der Waals surface area contributed by atoms with E-state index < -0.39 is 6.04 Å². The van der Waals surface area contributed by atoms with E-state index in [4.69, 9.17) is 4.74 Å². The SMILES string of the molecule is Cc1ccc(N2C(=O)CC(N(CCN3CCOCC3)C(=O)C34CC5CC(CC(C5)C3)C4)C2=O)cc1. The predicted molar refractivity (Wildman–Crippen MR) is 132 cm³/mol. The number of amides is 3. The monoisotopic (exact) mass is 479 g/mol. The fourth-order valence-electron chi connectivity index (χ4n) is 7.97. The van der Waals surface area contributed by atoms with E-state index >= 15 is 0 Å². The molecule has 2 aliphatic heterocycles. The topological polar surface area (TPSA) is 70.2 Å². The van der Waals surface area contributed by atoms with E-state index in [-0.39, 0.29) is 29.6 Å². The van der Waals surface area contributed by atoms with Gasteiger partial charge in [0.05, 0.1) is 30.7 Å². The van der Waals surface area contributed by atoms with Gasteiger partial charge in [0.1, 0.15) is 6.04 Å². The van der Waals surface area contributed by atoms with Crippen LogP contribution < -0.4 is 4.90 Å². The van der Waals surface area contributed by atoms with Crippen LogP contribution in [0.2, 0.25) is 0 Å². The molecule has 188 valence electrons. The summed E-state index contributed by atoms with van der Waals surface area (Å²) in [5.41, 5.74) is 1.34. The van der Waals surface area contributed by atoms with E-state index in [0.717, 1.165) is 37.9 Å². The number of morpholine rings is 1. The molecule has 0 spiro atoms. The summed E-state index contributed by atoms with van der Waals surface area (Å²) in [6, 6.07) is 6.78. The van der Waals surface area contributed by atoms with Gasteiger partial charge in [-0.3, -0.25) is 19.3 Å². The number of nitrogens with zero attached hydrogens (tertiary/aromatic N) is 3. The Labute approximate surface area is 207 Å². The Balaban J connectivity index is 1.27. The van der Waals surface area contributed by atoms with Crippen LogP contribution in [0.3, 0.4) is 0 Å². The molecule has 1 unspecified atom stereocenters. The van der Waals surface area contributed by atoms with Gasteiger partial charge in [-0.05, 0) is 75.3 Å². The van der Waals surface area contributed by atoms with Gasteiger partial charge in [0.25, 0.3) is 5.91 Å². The average molecular weight is 480 g/mol. The molecule has 2 heterocycles. The smallest absolute Gasteiger partial charge is 0.257 e. The van der Waals surface area contributed by atoms with Gasteiger partial charge in [-0.2, -0.15) is 0 Å². The first kappa shape index (κ1) is 23.2. The molecule has 4 bridgehead atoms. The molecule has 7 nitrogen and oxygen atoms in total. The number of hydrogen-bond donors (Lipinski definition) is 0. The molecule has 4 aliphatic carbocycles. The van der Waals surface area contributed by atoms with Crippen molar-refractivity contribution in [1.29, 1.82) is 0 Å². The summed E-state index contributed by atoms with van der Waals surface area (Å²) < 4.78 is 5.49. The van der Waals surface area contributed by atoms with E-state index in [1.54, 1.807) is 0 Å². The lowest BCUT2D eigenvalue weighted by molar-refractivity contribution is -0.162. The summed E-state index contributed by atoms with van der Waals surface area (Å²) in [5.74, 6) is 1.63. The van der Waals surface area contributed by atoms with Gasteiger partial charge in [-0.15, -0.1) is 0 Å². The van der Waals surface area contributed by atoms with Crippen LogP contribution >= 0.6 is 0 Å². The van der Waals surface area contributed by atoms with Gasteiger partial charge in [0.15, 0.2) is 0 Å². The lowest BCUT2D eigenvalue weighted by atomic mass is 9.49. The number of carbonyl (C=O) groups is 3. The third kappa shape index (κ3) is 4.20. The Morgan fingerprint density at radius 1 is 1.00 bits per heavy atom. The average Bonchev–Trinajstić information content (AvgIpc) is 3.13. The van der Waals surface area contributed by atoms with Gasteiger partial charge in [0.2, 0.25) is 11.8 Å². The molecule has 7 heteroatoms. The third-order valence-corrected chi connectivity index (χ3v) is 9.30. The fourth-order valence-corrected chi connectivity index (χ4v) is 7.97. The second kappa shape index (κ2) is 9.00. The maximum Gasteiger partial charge on any atom is 0.257 e. The molecule has 1 aromatic carbocycles. The predicted octanol–water partition coefficient (Wildman–Crippen LogP) is 3.00. The Bertz CT molecular complexity index is 965. The molecule has 0 aromatic heterocycles. The Morgan fingerprint density at radius 2 is 1.60 bits per heavy atom. The van der Waals surface area contributed by atoms with E-state index in [1.807, 2.05) is 36.1 Å². The van der Waals surface area contributed by atoms with E-state index in [0.29, 0.717) is 49.7 Å². The van der Waals surface area contributed by atoms with Crippen LogP contribution in [-0.2, 0) is 19.1 Å². The molecule has 2 saturated heterocycles. The number of anilines is 1. The molecular weight excluding hydrogens is 442 g/mol. The highest BCUT2D eigenvalue weighted by Crippen LogP contribution is 2.60. The van der Waals surface area contributed by atoms with Crippen molar-refractivity contribution in [2.24, 2.45) is 23.2 Å². The summed E-state index contributed by atoms with van der Waals surface area (Å²) >= 11 is 0. The highest BCUT2D eigenvalue weighted by Gasteiger charge is 2.57. The van der Waals surface area contributed by atoms with Gasteiger partial charge in [0, 0.05) is 26.2 Å². The number of rotatable bonds is 6. The van der Waals surface area contributed by atoms with Crippen molar-refractivity contribution in [3.8, 4) is 0 Å². The first-order valence-corrected chi connectivity index (χ1v) is 13.5. The van der Waals surface area contributed by atoms with Crippen LogP contribution in [0.1, 0.15) is 50.5 Å². The van der Waals surface area contributed by atoms with Crippen molar-refractivity contribution in [3.05, 3.63) is 29.8 Å². The van der Waals surface area contributed by atoms with Crippen LogP contribution in [0.4, 0.5) is 5.69 Å². The molecule has 0 N–H and O–H groups in total. The van der Waals surface area contributed by atoms with Gasteiger partial charge in [-0.25, -0.2) is 4.90 Å². The summed E-state index contributed by atoms with van der Waals surface area (Å²) in [7, 11) is 0. The second-order valence-electron chi connectivity index (χ2n) is 11.8. The maximum absolute atomic E-state index is 14.4. The molecule has 3 amide bonds. The van der Waals surface area contributed by atoms with Gasteiger partial charge >= 0.3 is 0 Å². The molecule has 7 rings (SSSR count). The highest BCUT2D eigenvalue weighted by molar-refractivity contribution is 6.23. The number of hydrogen-bond acceptors (Lipinski definition) is 5. The van der Waals surface area contributed by atoms with Crippen molar-refractivity contribution >= 4 is 23.4 Å². The Morgan fingerprint density at radius 3 is 2.20 bits per heavy atom. The zero-order chi connectivity index (χ0) is 24.2. The molecule has 1 aromatic rings. The summed E-state index contributed by atoms with van der Waals surface area (Å²) in [4.78, 5) is 46.6. The number of carbonyl (C=O) groups excluding carboxylic acids is 3. The molecule has 4 saturated carbocycles. The fraction of sp³-hybridized carbons (Fsp3) is 0.679. The lowest BCUT2D eigenvalue weighted by Crippen LogP contribution is -2.58. The molecule has 0 radical (unpaired) electrons. The van der Waals surface area contributed by atoms with Crippen molar-refractivity contribution < 1.29 is 19.1 Å². The number of ether oxygens (including phenoxy) is 1. The minimum absolute atomic E-state index is 0.0773. The number of benzene rings is 1. The largest absolute Gasteiger partial charge is 0.379 e. The van der Waals surface area contributed by atoms with Crippen LogP contribution in [0.5, 0.6) is 0 Å². The van der Waals surface area contributed by atoms with E-state index in [1.165, 1.54) is 24.2 Å². The van der Waals surface area contributed by atoms with Crippen molar-refractivity contribution in [2.75, 3.05) is 44.3 Å². The van der Waals surface area contributed by atoms with E-state index in [9.17, 15) is 14.4 Å². The lowest BCUT2D eigenvalue weighted by Gasteiger charge is -2.57. The van der Waals surface area contributed by atoms with E-state index in [2.05, 4.69) is 4.90 Å². The van der Waals surface area contributed by atoms with Gasteiger partial charge < -0.3 is 9.64 Å². The zero-order valence-corrected chi connectivity index (χ0v) is 20.8. The molecular formula is C28H37N3O4. The van der Waals surface area contributed by atoms with Crippen molar-refractivity contribution in [3.63, 3.8) is 0 Å². The number of imide groups is 1. The standard InChI is InChI=1S/C28H37N3O4/c1-19-2-4-23(5-3-19)31-25(32)15-24(26(31)33)30(7-6-29-8-10-35-11-9-29)27(34)28-16-20-12-21(17-28)14-22(13-20)18-28/h2-5,20-22,24H,6-18H2,1H3. The number of aryl methyl sites for hydroxylation is 1. The molecule has 6 fully saturated rings. The normalized spacial score (nSPS) is 34.6. The Hall–Kier alpha value is -2.25. The summed E-state index contributed by atoms with van der Waals surface area (Å²) in [6.45, 7) is 6.27. The quantitative estimate of drug-likeness (QED) is 0.587. The zero-order valence-electron chi connectivity index (χ0n) is 20.8. The van der Waals surface area contributed by atoms with Crippen molar-refractivity contribution in [1.82, 2.24) is 9.80 Å². The molecule has 1 atom stereocenters. The minimum Gasteiger partial charge on any atom is -0.379 e. The second-order valence-corrected chi connectivity index (χ2v) is 11.8. The minimum atomic E-state index is -0.703. The van der Waals surface area contributed by atoms with Gasteiger partial charge in [-0.1, -0.05) is 17.7 Å². The first-order valence-electron chi connectivity index (χ1n) is 13.5. The third-order valence-electron chi connectivity index (χ3n) is 9.30. The molecule has 35 heavy (non-hydrogen) atoms. The van der Waals surface area contributed by atoms with Crippen LogP contribution in [-0.4, -0.2) is 73.0 Å². The summed E-state index contributed by atoms with van der Waals surface area (Å²) in [5, 5.41) is 0.